The maximum atomic E-state index is 12.6. The predicted molar refractivity (Wildman–Crippen MR) is 85.2 cm³/mol. The maximum absolute atomic E-state index is 12.6. The molecule has 0 radical (unpaired) electrons. The molecule has 2 fully saturated rings. The predicted octanol–water partition coefficient (Wildman–Crippen LogP) is 3.41. The normalized spacial score (nSPS) is 22.8. The number of hydrogen-bond donors (Lipinski definition) is 1. The number of carbonyl (C=O) groups is 1. The molecule has 3 rings (SSSR count). The molecule has 2 amide bonds. The van der Waals surface area contributed by atoms with Crippen LogP contribution in [0.2, 0.25) is 5.02 Å². The van der Waals surface area contributed by atoms with Crippen LogP contribution in [0.15, 0.2) is 18.2 Å². The Labute approximate surface area is 135 Å². The van der Waals surface area contributed by atoms with Crippen LogP contribution in [0, 0.1) is 6.92 Å². The zero-order valence-corrected chi connectivity index (χ0v) is 13.4. The van der Waals surface area contributed by atoms with Crippen molar-refractivity contribution in [2.24, 2.45) is 0 Å². The summed E-state index contributed by atoms with van der Waals surface area (Å²) >= 11 is 6.19. The minimum absolute atomic E-state index is 0.0273. The Morgan fingerprint density at radius 1 is 1.32 bits per heavy atom. The van der Waals surface area contributed by atoms with Gasteiger partial charge in [0.15, 0.2) is 6.29 Å². The third kappa shape index (κ3) is 3.37. The van der Waals surface area contributed by atoms with E-state index in [2.05, 4.69) is 5.32 Å². The van der Waals surface area contributed by atoms with Crippen molar-refractivity contribution in [2.45, 2.75) is 38.5 Å². The Bertz CT molecular complexity index is 546. The molecule has 0 saturated carbocycles. The van der Waals surface area contributed by atoms with E-state index >= 15 is 0 Å². The fourth-order valence-electron chi connectivity index (χ4n) is 3.00. The second kappa shape index (κ2) is 6.86. The molecule has 2 aliphatic rings. The van der Waals surface area contributed by atoms with Crippen LogP contribution in [0.5, 0.6) is 0 Å². The molecule has 1 aromatic rings. The zero-order chi connectivity index (χ0) is 15.5. The highest BCUT2D eigenvalue weighted by Gasteiger charge is 2.36. The van der Waals surface area contributed by atoms with Crippen LogP contribution in [-0.4, -0.2) is 43.0 Å². The number of ether oxygens (including phenoxy) is 2. The summed E-state index contributed by atoms with van der Waals surface area (Å²) in [5, 5.41) is 3.46. The van der Waals surface area contributed by atoms with E-state index in [1.807, 2.05) is 30.0 Å². The highest BCUT2D eigenvalue weighted by atomic mass is 35.5. The Morgan fingerprint density at radius 2 is 2.09 bits per heavy atom. The van der Waals surface area contributed by atoms with E-state index in [9.17, 15) is 4.79 Å². The molecule has 120 valence electrons. The van der Waals surface area contributed by atoms with Gasteiger partial charge in [0.2, 0.25) is 0 Å². The lowest BCUT2D eigenvalue weighted by Gasteiger charge is -2.37. The molecule has 0 aliphatic carbocycles. The molecular weight excluding hydrogens is 304 g/mol. The molecule has 1 atom stereocenters. The number of aryl methyl sites for hydroxylation is 1. The number of hydrogen-bond acceptors (Lipinski definition) is 3. The first-order chi connectivity index (χ1) is 10.6. The number of nitrogens with zero attached hydrogens (tertiary/aromatic N) is 1. The van der Waals surface area contributed by atoms with E-state index in [0.29, 0.717) is 30.5 Å². The lowest BCUT2D eigenvalue weighted by atomic mass is 10.0. The van der Waals surface area contributed by atoms with Gasteiger partial charge in [-0.05, 0) is 43.9 Å². The zero-order valence-electron chi connectivity index (χ0n) is 12.7. The third-order valence-electron chi connectivity index (χ3n) is 4.14. The number of likely N-dealkylation sites (tertiary alicyclic amines) is 1. The number of benzene rings is 1. The molecule has 2 heterocycles. The van der Waals surface area contributed by atoms with Crippen molar-refractivity contribution in [2.75, 3.05) is 25.1 Å². The van der Waals surface area contributed by atoms with E-state index in [-0.39, 0.29) is 18.4 Å². The van der Waals surface area contributed by atoms with Crippen LogP contribution < -0.4 is 5.32 Å². The van der Waals surface area contributed by atoms with Gasteiger partial charge in [-0.2, -0.15) is 0 Å². The highest BCUT2D eigenvalue weighted by Crippen LogP contribution is 2.27. The first-order valence-electron chi connectivity index (χ1n) is 7.72. The van der Waals surface area contributed by atoms with Crippen LogP contribution >= 0.6 is 11.6 Å². The standard InChI is InChI=1S/C16H21ClN2O3/c1-11-5-6-13(12(17)10-11)18-16(20)19-7-3-2-4-14(19)15-21-8-9-22-15/h5-6,10,14-15H,2-4,7-9H2,1H3,(H,18,20)/t14-/m0/s1. The maximum Gasteiger partial charge on any atom is 0.322 e. The smallest absolute Gasteiger partial charge is 0.322 e. The van der Waals surface area contributed by atoms with Crippen molar-refractivity contribution in [1.29, 1.82) is 0 Å². The van der Waals surface area contributed by atoms with Gasteiger partial charge in [-0.15, -0.1) is 0 Å². The van der Waals surface area contributed by atoms with Crippen LogP contribution in [-0.2, 0) is 9.47 Å². The summed E-state index contributed by atoms with van der Waals surface area (Å²) in [6, 6.07) is 5.43. The summed E-state index contributed by atoms with van der Waals surface area (Å²) in [6.45, 7) is 3.87. The average Bonchev–Trinajstić information content (AvgIpc) is 3.04. The molecule has 22 heavy (non-hydrogen) atoms. The van der Waals surface area contributed by atoms with Crippen LogP contribution in [0.4, 0.5) is 10.5 Å². The number of halogens is 1. The first-order valence-corrected chi connectivity index (χ1v) is 8.10. The van der Waals surface area contributed by atoms with Gasteiger partial charge >= 0.3 is 6.03 Å². The van der Waals surface area contributed by atoms with E-state index in [0.717, 1.165) is 24.8 Å². The molecule has 6 heteroatoms. The minimum atomic E-state index is -0.306. The highest BCUT2D eigenvalue weighted by molar-refractivity contribution is 6.33. The van der Waals surface area contributed by atoms with E-state index in [4.69, 9.17) is 21.1 Å². The molecule has 0 aromatic heterocycles. The number of nitrogens with one attached hydrogen (secondary N) is 1. The molecule has 0 spiro atoms. The summed E-state index contributed by atoms with van der Waals surface area (Å²) in [5.74, 6) is 0. The lowest BCUT2D eigenvalue weighted by Crippen LogP contribution is -2.51. The number of carbonyl (C=O) groups excluding carboxylic acids is 1. The first kappa shape index (κ1) is 15.6. The summed E-state index contributed by atoms with van der Waals surface area (Å²) in [7, 11) is 0. The van der Waals surface area contributed by atoms with Gasteiger partial charge in [0.05, 0.1) is 30.0 Å². The van der Waals surface area contributed by atoms with Gasteiger partial charge in [-0.3, -0.25) is 0 Å². The molecule has 1 N–H and O–H groups in total. The topological polar surface area (TPSA) is 50.8 Å². The Morgan fingerprint density at radius 3 is 2.82 bits per heavy atom. The SMILES string of the molecule is Cc1ccc(NC(=O)N2CCCC[C@H]2C2OCCO2)c(Cl)c1. The molecule has 2 saturated heterocycles. The van der Waals surface area contributed by atoms with Gasteiger partial charge < -0.3 is 19.7 Å². The van der Waals surface area contributed by atoms with Gasteiger partial charge in [-0.25, -0.2) is 4.79 Å². The minimum Gasteiger partial charge on any atom is -0.348 e. The van der Waals surface area contributed by atoms with Crippen LogP contribution in [0.3, 0.4) is 0 Å². The van der Waals surface area contributed by atoms with Crippen molar-refractivity contribution < 1.29 is 14.3 Å². The summed E-state index contributed by atoms with van der Waals surface area (Å²) in [5.41, 5.74) is 1.70. The van der Waals surface area contributed by atoms with Crippen molar-refractivity contribution in [3.63, 3.8) is 0 Å². The van der Waals surface area contributed by atoms with Crippen LogP contribution in [0.25, 0.3) is 0 Å². The number of rotatable bonds is 2. The van der Waals surface area contributed by atoms with Crippen molar-refractivity contribution in [3.05, 3.63) is 28.8 Å². The van der Waals surface area contributed by atoms with Gasteiger partial charge in [0, 0.05) is 6.54 Å². The van der Waals surface area contributed by atoms with Crippen LogP contribution in [0.1, 0.15) is 24.8 Å². The lowest BCUT2D eigenvalue weighted by molar-refractivity contribution is -0.0973. The average molecular weight is 325 g/mol. The van der Waals surface area contributed by atoms with E-state index in [1.165, 1.54) is 0 Å². The molecule has 0 bridgehead atoms. The van der Waals surface area contributed by atoms with E-state index in [1.54, 1.807) is 0 Å². The quantitative estimate of drug-likeness (QED) is 0.907. The summed E-state index contributed by atoms with van der Waals surface area (Å²) in [4.78, 5) is 14.4. The Balaban J connectivity index is 1.71. The van der Waals surface area contributed by atoms with Gasteiger partial charge in [0.25, 0.3) is 0 Å². The fraction of sp³-hybridized carbons (Fsp3) is 0.562. The number of anilines is 1. The van der Waals surface area contributed by atoms with E-state index < -0.39 is 0 Å². The molecular formula is C16H21ClN2O3. The second-order valence-electron chi connectivity index (χ2n) is 5.78. The Hall–Kier alpha value is -1.30. The summed E-state index contributed by atoms with van der Waals surface area (Å²) in [6.07, 6.45) is 2.68. The molecule has 5 nitrogen and oxygen atoms in total. The van der Waals surface area contributed by atoms with Gasteiger partial charge in [0.1, 0.15) is 0 Å². The summed E-state index contributed by atoms with van der Waals surface area (Å²) < 4.78 is 11.2. The third-order valence-corrected chi connectivity index (χ3v) is 4.45. The second-order valence-corrected chi connectivity index (χ2v) is 6.19. The number of piperidine rings is 1. The fourth-order valence-corrected chi connectivity index (χ4v) is 3.28. The molecule has 2 aliphatic heterocycles. The van der Waals surface area contributed by atoms with Crippen molar-refractivity contribution >= 4 is 23.3 Å². The number of amides is 2. The molecule has 0 unspecified atom stereocenters. The largest absolute Gasteiger partial charge is 0.348 e. The van der Waals surface area contributed by atoms with Gasteiger partial charge in [-0.1, -0.05) is 17.7 Å². The molecule has 1 aromatic carbocycles. The number of urea groups is 1. The van der Waals surface area contributed by atoms with Crippen molar-refractivity contribution in [3.8, 4) is 0 Å². The Kier molecular flexibility index (Phi) is 4.86. The monoisotopic (exact) mass is 324 g/mol. The van der Waals surface area contributed by atoms with Crippen molar-refractivity contribution in [1.82, 2.24) is 4.90 Å².